The Balaban J connectivity index is 1.39. The number of anilines is 1. The van der Waals surface area contributed by atoms with Crippen LogP contribution in [0.5, 0.6) is 5.75 Å². The number of carbonyl (C=O) groups is 1. The molecule has 5 rings (SSSR count). The second kappa shape index (κ2) is 13.1. The maximum Gasteiger partial charge on any atom is 0.250 e. The van der Waals surface area contributed by atoms with E-state index in [1.807, 2.05) is 61.6 Å². The molecule has 0 unspecified atom stereocenters. The highest BCUT2D eigenvalue weighted by atomic mass is 32.1. The van der Waals surface area contributed by atoms with E-state index in [4.69, 9.17) is 14.4 Å². The lowest BCUT2D eigenvalue weighted by Gasteiger charge is -2.36. The Hall–Kier alpha value is -3.64. The second-order valence-electron chi connectivity index (χ2n) is 15.1. The number of amides is 1. The third-order valence-electron chi connectivity index (χ3n) is 9.71. The van der Waals surface area contributed by atoms with Gasteiger partial charge in [0.25, 0.3) is 0 Å². The minimum absolute atomic E-state index is 0.107. The van der Waals surface area contributed by atoms with Crippen LogP contribution in [0.1, 0.15) is 45.7 Å². The van der Waals surface area contributed by atoms with E-state index in [-0.39, 0.29) is 22.4 Å². The van der Waals surface area contributed by atoms with E-state index in [9.17, 15) is 9.59 Å². The van der Waals surface area contributed by atoms with Crippen LogP contribution in [-0.2, 0) is 17.6 Å². The number of aromatic nitrogens is 2. The maximum atomic E-state index is 13.3. The van der Waals surface area contributed by atoms with Gasteiger partial charge in [-0.1, -0.05) is 77.1 Å². The van der Waals surface area contributed by atoms with E-state index in [1.165, 1.54) is 0 Å². The average molecular weight is 682 g/mol. The Morgan fingerprint density at radius 2 is 1.53 bits per heavy atom. The van der Waals surface area contributed by atoms with Crippen molar-refractivity contribution in [2.24, 2.45) is 0 Å². The monoisotopic (exact) mass is 681 g/mol. The zero-order chi connectivity index (χ0) is 34.2. The topological polar surface area (TPSA) is 84.3 Å². The molecule has 0 aliphatic rings. The first-order chi connectivity index (χ1) is 21.9. The zero-order valence-electron chi connectivity index (χ0n) is 29.1. The zero-order valence-corrected chi connectivity index (χ0v) is 31.9. The predicted octanol–water partition coefficient (Wildman–Crippen LogP) is 10.1. The number of fused-ring (bicyclic) bond motifs is 1. The minimum Gasteiger partial charge on any atom is -0.544 e. The van der Waals surface area contributed by atoms with E-state index < -0.39 is 16.6 Å². The summed E-state index contributed by atoms with van der Waals surface area (Å²) in [5.41, 5.74) is 4.37. The highest BCUT2D eigenvalue weighted by molar-refractivity contribution is 7.22. The number of carbonyl (C=O) groups excluding carboxylic acids is 1. The van der Waals surface area contributed by atoms with Crippen LogP contribution in [0, 0.1) is 0 Å². The van der Waals surface area contributed by atoms with Crippen LogP contribution < -0.4 is 9.74 Å². The van der Waals surface area contributed by atoms with Gasteiger partial charge in [-0.2, -0.15) is 0 Å². The smallest absolute Gasteiger partial charge is 0.250 e. The van der Waals surface area contributed by atoms with E-state index in [2.05, 4.69) is 83.4 Å². The molecule has 3 aromatic carbocycles. The number of hydrogen-bond donors (Lipinski definition) is 2. The van der Waals surface area contributed by atoms with Crippen LogP contribution >= 0.6 is 11.3 Å². The lowest BCUT2D eigenvalue weighted by molar-refractivity contribution is -0.115. The van der Waals surface area contributed by atoms with Crippen molar-refractivity contribution in [3.05, 3.63) is 96.2 Å². The molecule has 246 valence electrons. The van der Waals surface area contributed by atoms with Gasteiger partial charge in [-0.15, -0.1) is 11.3 Å². The molecule has 9 heteroatoms. The molecule has 2 N–H and O–H groups in total. The van der Waals surface area contributed by atoms with E-state index in [0.29, 0.717) is 11.5 Å². The molecule has 0 bridgehead atoms. The molecule has 1 amide bonds. The van der Waals surface area contributed by atoms with Gasteiger partial charge in [0.1, 0.15) is 11.4 Å². The average Bonchev–Trinajstić information content (AvgIpc) is 3.42. The van der Waals surface area contributed by atoms with Crippen molar-refractivity contribution in [1.82, 2.24) is 9.97 Å². The van der Waals surface area contributed by atoms with Crippen LogP contribution in [0.2, 0.25) is 36.3 Å². The molecule has 0 spiro atoms. The van der Waals surface area contributed by atoms with Crippen molar-refractivity contribution in [3.63, 3.8) is 0 Å². The molecule has 0 aliphatic carbocycles. The summed E-state index contributed by atoms with van der Waals surface area (Å²) in [6.45, 7) is 19.4. The highest BCUT2D eigenvalue weighted by Crippen LogP contribution is 2.40. The van der Waals surface area contributed by atoms with E-state index in [0.717, 1.165) is 49.5 Å². The quantitative estimate of drug-likeness (QED) is 0.143. The number of benzene rings is 3. The number of hydrogen-bond acceptors (Lipinski definition) is 6. The van der Waals surface area contributed by atoms with Gasteiger partial charge in [-0.05, 0) is 95.6 Å². The van der Waals surface area contributed by atoms with Crippen molar-refractivity contribution < 1.29 is 14.0 Å². The molecule has 47 heavy (non-hydrogen) atoms. The summed E-state index contributed by atoms with van der Waals surface area (Å²) >= 11 is 1.63. The van der Waals surface area contributed by atoms with Crippen molar-refractivity contribution in [3.8, 4) is 27.6 Å². The first-order valence-electron chi connectivity index (χ1n) is 16.2. The molecule has 0 saturated carbocycles. The Kier molecular flexibility index (Phi) is 9.67. The summed E-state index contributed by atoms with van der Waals surface area (Å²) in [5.74, 6) is 1.15. The first-order valence-corrected chi connectivity index (χ1v) is 22.8. The van der Waals surface area contributed by atoms with Gasteiger partial charge < -0.3 is 14.5 Å². The van der Waals surface area contributed by atoms with Crippen molar-refractivity contribution >= 4 is 49.8 Å². The molecular weight excluding hydrogens is 635 g/mol. The summed E-state index contributed by atoms with van der Waals surface area (Å²) < 4.78 is 7.63. The van der Waals surface area contributed by atoms with Gasteiger partial charge in [0.2, 0.25) is 14.2 Å². The van der Waals surface area contributed by atoms with Crippen molar-refractivity contribution in [1.29, 1.82) is 0 Å². The molecule has 5 aromatic rings. The molecule has 0 saturated heterocycles. The van der Waals surface area contributed by atoms with Gasteiger partial charge in [-0.3, -0.25) is 4.79 Å². The molecular formula is C38H47N3O3SSi2. The second-order valence-corrected chi connectivity index (χ2v) is 25.4. The van der Waals surface area contributed by atoms with Crippen LogP contribution in [0.4, 0.5) is 5.82 Å². The van der Waals surface area contributed by atoms with Gasteiger partial charge >= 0.3 is 0 Å². The summed E-state index contributed by atoms with van der Waals surface area (Å²) in [6.07, 6.45) is 2.73. The van der Waals surface area contributed by atoms with Gasteiger partial charge in [-0.25, -0.2) is 9.97 Å². The fraction of sp³-hybridized carbons (Fsp3) is 0.342. The molecule has 0 atom stereocenters. The number of thiophene rings is 1. The Bertz CT molecular complexity index is 1840. The van der Waals surface area contributed by atoms with Crippen molar-refractivity contribution in [2.45, 2.75) is 83.7 Å². The molecule has 0 aliphatic heterocycles. The normalized spacial score (nSPS) is 12.7. The fourth-order valence-electron chi connectivity index (χ4n) is 4.89. The van der Waals surface area contributed by atoms with Crippen LogP contribution in [0.3, 0.4) is 0 Å². The molecule has 2 aromatic heterocycles. The van der Waals surface area contributed by atoms with Gasteiger partial charge in [0.15, 0.2) is 14.1 Å². The molecule has 0 radical (unpaired) electrons. The maximum absolute atomic E-state index is 13.3. The minimum atomic E-state index is -2.32. The summed E-state index contributed by atoms with van der Waals surface area (Å²) in [7, 11) is -4.28. The highest BCUT2D eigenvalue weighted by Gasteiger charge is 2.39. The fourth-order valence-corrected chi connectivity index (χ4v) is 7.62. The SMILES string of the molecule is CC(C)(Cc1ccc(CC(=O)Nc2ncc(-c3ccc(O[Si](C)(C)C(C)(C)C)cc3)nc2-c2cc3ccccc3s2)cc1)[Si](C)(C)O. The van der Waals surface area contributed by atoms with Gasteiger partial charge in [0, 0.05) is 10.3 Å². The lowest BCUT2D eigenvalue weighted by atomic mass is 10.00. The van der Waals surface area contributed by atoms with Crippen molar-refractivity contribution in [2.75, 3.05) is 5.32 Å². The Morgan fingerprint density at radius 3 is 2.15 bits per heavy atom. The van der Waals surface area contributed by atoms with Crippen LogP contribution in [0.15, 0.2) is 85.1 Å². The predicted molar refractivity (Wildman–Crippen MR) is 202 cm³/mol. The van der Waals surface area contributed by atoms with E-state index >= 15 is 0 Å². The molecule has 2 heterocycles. The van der Waals surface area contributed by atoms with E-state index in [1.54, 1.807) is 17.5 Å². The number of nitrogens with one attached hydrogen (secondary N) is 1. The number of rotatable bonds is 10. The van der Waals surface area contributed by atoms with Crippen LogP contribution in [0.25, 0.3) is 31.9 Å². The largest absolute Gasteiger partial charge is 0.544 e. The summed E-state index contributed by atoms with van der Waals surface area (Å²) in [5, 5.41) is 4.13. The third kappa shape index (κ3) is 8.09. The Labute approximate surface area is 285 Å². The standard InChI is InChI=1S/C38H47N3O3SSi2/c1-37(2,3)47(8,9)44-30-20-18-28(19-21-30)31-25-39-36(35(40-31)33-23-29-12-10-11-13-32(29)45-33)41-34(42)22-26-14-16-27(17-15-26)24-38(4,5)46(6,7)43/h10-21,23,25,43H,22,24H2,1-9H3,(H,39,41,42). The Morgan fingerprint density at radius 1 is 0.894 bits per heavy atom. The molecule has 6 nitrogen and oxygen atoms in total. The summed E-state index contributed by atoms with van der Waals surface area (Å²) in [6, 6.07) is 26.5. The lowest BCUT2D eigenvalue weighted by Crippen LogP contribution is -2.43. The first kappa shape index (κ1) is 34.7. The third-order valence-corrected chi connectivity index (χ3v) is 18.7. The van der Waals surface area contributed by atoms with Crippen LogP contribution in [-0.4, -0.2) is 37.3 Å². The summed E-state index contributed by atoms with van der Waals surface area (Å²) in [4.78, 5) is 34.8. The number of nitrogens with zero attached hydrogens (tertiary/aromatic N) is 2. The molecule has 0 fully saturated rings. The van der Waals surface area contributed by atoms with Gasteiger partial charge in [0.05, 0.1) is 23.2 Å².